The molecule has 2 aromatic rings. The number of hydrogen-bond acceptors (Lipinski definition) is 2. The number of benzene rings is 2. The Hall–Kier alpha value is -2.55. The van der Waals surface area contributed by atoms with E-state index in [0.717, 1.165) is 24.3 Å². The van der Waals surface area contributed by atoms with Crippen LogP contribution in [0.4, 0.5) is 23.2 Å². The zero-order valence-electron chi connectivity index (χ0n) is 10.0. The van der Waals surface area contributed by atoms with Crippen LogP contribution >= 0.6 is 0 Å². The molecule has 2 rings (SSSR count). The summed E-state index contributed by atoms with van der Waals surface area (Å²) in [5.74, 6) is -0.805. The first-order chi connectivity index (χ1) is 9.32. The van der Waals surface area contributed by atoms with Gasteiger partial charge in [-0.3, -0.25) is 0 Å². The second kappa shape index (κ2) is 4.85. The standard InChI is InChI=1S/C14H8F4N2/c15-12-6-13(20)11(5-9(12)7-19)8-2-1-3-10(4-8)14(16,17)18/h1-6H,20H2. The Balaban J connectivity index is 2.61. The van der Waals surface area contributed by atoms with E-state index >= 15 is 0 Å². The number of rotatable bonds is 1. The fourth-order valence-corrected chi connectivity index (χ4v) is 1.79. The van der Waals surface area contributed by atoms with Gasteiger partial charge in [-0.15, -0.1) is 0 Å². The van der Waals surface area contributed by atoms with Crippen LogP contribution in [0.5, 0.6) is 0 Å². The maximum Gasteiger partial charge on any atom is 0.416 e. The molecule has 0 fully saturated rings. The number of nitrogens with zero attached hydrogens (tertiary/aromatic N) is 1. The second-order valence-electron chi connectivity index (χ2n) is 4.11. The molecule has 0 aliphatic carbocycles. The van der Waals surface area contributed by atoms with Gasteiger partial charge in [-0.05, 0) is 29.8 Å². The Labute approximate surface area is 112 Å². The summed E-state index contributed by atoms with van der Waals surface area (Å²) in [5, 5.41) is 8.75. The molecule has 0 aromatic heterocycles. The summed E-state index contributed by atoms with van der Waals surface area (Å²) in [4.78, 5) is 0. The number of alkyl halides is 3. The van der Waals surface area contributed by atoms with E-state index in [1.807, 2.05) is 0 Å². The van der Waals surface area contributed by atoms with Crippen LogP contribution in [0.25, 0.3) is 11.1 Å². The maximum absolute atomic E-state index is 13.3. The lowest BCUT2D eigenvalue weighted by atomic mass is 9.99. The van der Waals surface area contributed by atoms with Gasteiger partial charge in [0.2, 0.25) is 0 Å². The van der Waals surface area contributed by atoms with Crippen LogP contribution in [0.2, 0.25) is 0 Å². The number of hydrogen-bond donors (Lipinski definition) is 1. The third-order valence-electron chi connectivity index (χ3n) is 2.76. The molecule has 0 atom stereocenters. The second-order valence-corrected chi connectivity index (χ2v) is 4.11. The third kappa shape index (κ3) is 2.57. The minimum Gasteiger partial charge on any atom is -0.398 e. The van der Waals surface area contributed by atoms with Crippen molar-refractivity contribution in [1.82, 2.24) is 0 Å². The molecule has 2 nitrogen and oxygen atoms in total. The van der Waals surface area contributed by atoms with Crippen molar-refractivity contribution in [2.24, 2.45) is 0 Å². The topological polar surface area (TPSA) is 49.8 Å². The van der Waals surface area contributed by atoms with Crippen LogP contribution in [0.1, 0.15) is 11.1 Å². The summed E-state index contributed by atoms with van der Waals surface area (Å²) in [6.07, 6.45) is -4.48. The van der Waals surface area contributed by atoms with Gasteiger partial charge in [0.25, 0.3) is 0 Å². The lowest BCUT2D eigenvalue weighted by molar-refractivity contribution is -0.137. The molecule has 0 saturated heterocycles. The Morgan fingerprint density at radius 2 is 1.80 bits per heavy atom. The molecular weight excluding hydrogens is 272 g/mol. The molecule has 2 aromatic carbocycles. The Morgan fingerprint density at radius 1 is 1.10 bits per heavy atom. The van der Waals surface area contributed by atoms with Gasteiger partial charge in [-0.1, -0.05) is 12.1 Å². The van der Waals surface area contributed by atoms with Gasteiger partial charge >= 0.3 is 6.18 Å². The lowest BCUT2D eigenvalue weighted by Gasteiger charge is -2.11. The lowest BCUT2D eigenvalue weighted by Crippen LogP contribution is -2.04. The molecule has 0 amide bonds. The van der Waals surface area contributed by atoms with E-state index in [1.165, 1.54) is 12.1 Å². The van der Waals surface area contributed by atoms with Crippen molar-refractivity contribution < 1.29 is 17.6 Å². The van der Waals surface area contributed by atoms with Crippen LogP contribution in [-0.2, 0) is 6.18 Å². The molecule has 0 radical (unpaired) electrons. The number of anilines is 1. The largest absolute Gasteiger partial charge is 0.416 e. The number of nitriles is 1. The SMILES string of the molecule is N#Cc1cc(-c2cccc(C(F)(F)F)c2)c(N)cc1F. The average Bonchev–Trinajstić information content (AvgIpc) is 2.38. The normalized spacial score (nSPS) is 11.2. The first-order valence-corrected chi connectivity index (χ1v) is 5.49. The molecule has 0 spiro atoms. The maximum atomic E-state index is 13.3. The summed E-state index contributed by atoms with van der Waals surface area (Å²) in [6.45, 7) is 0. The van der Waals surface area contributed by atoms with E-state index in [-0.39, 0.29) is 22.4 Å². The van der Waals surface area contributed by atoms with Crippen molar-refractivity contribution >= 4 is 5.69 Å². The molecule has 102 valence electrons. The Kier molecular flexibility index (Phi) is 3.36. The van der Waals surface area contributed by atoms with Crippen LogP contribution in [-0.4, -0.2) is 0 Å². The highest BCUT2D eigenvalue weighted by Crippen LogP contribution is 2.34. The van der Waals surface area contributed by atoms with Gasteiger partial charge in [0.15, 0.2) is 0 Å². The Morgan fingerprint density at radius 3 is 2.40 bits per heavy atom. The van der Waals surface area contributed by atoms with Gasteiger partial charge < -0.3 is 5.73 Å². The highest BCUT2D eigenvalue weighted by Gasteiger charge is 2.30. The van der Waals surface area contributed by atoms with Gasteiger partial charge in [-0.2, -0.15) is 18.4 Å². The molecule has 0 saturated carbocycles. The molecule has 2 N–H and O–H groups in total. The summed E-state index contributed by atoms with van der Waals surface area (Å²) < 4.78 is 51.3. The van der Waals surface area contributed by atoms with E-state index in [1.54, 1.807) is 6.07 Å². The van der Waals surface area contributed by atoms with Crippen molar-refractivity contribution in [2.45, 2.75) is 6.18 Å². The highest BCUT2D eigenvalue weighted by molar-refractivity contribution is 5.78. The van der Waals surface area contributed by atoms with Crippen LogP contribution in [0.3, 0.4) is 0 Å². The molecule has 0 bridgehead atoms. The van der Waals surface area contributed by atoms with Crippen molar-refractivity contribution in [3.8, 4) is 17.2 Å². The zero-order chi connectivity index (χ0) is 14.9. The first kappa shape index (κ1) is 13.9. The molecular formula is C14H8F4N2. The minimum absolute atomic E-state index is 0.0270. The molecule has 20 heavy (non-hydrogen) atoms. The van der Waals surface area contributed by atoms with Crippen LogP contribution in [0, 0.1) is 17.1 Å². The van der Waals surface area contributed by atoms with E-state index < -0.39 is 17.6 Å². The zero-order valence-corrected chi connectivity index (χ0v) is 10.0. The smallest absolute Gasteiger partial charge is 0.398 e. The van der Waals surface area contributed by atoms with E-state index in [2.05, 4.69) is 0 Å². The van der Waals surface area contributed by atoms with Crippen molar-refractivity contribution in [3.05, 3.63) is 53.3 Å². The highest BCUT2D eigenvalue weighted by atomic mass is 19.4. The number of nitrogens with two attached hydrogens (primary N) is 1. The molecule has 0 unspecified atom stereocenters. The first-order valence-electron chi connectivity index (χ1n) is 5.49. The molecule has 0 heterocycles. The van der Waals surface area contributed by atoms with E-state index in [9.17, 15) is 17.6 Å². The predicted octanol–water partition coefficient (Wildman–Crippen LogP) is 3.97. The minimum atomic E-state index is -4.48. The van der Waals surface area contributed by atoms with E-state index in [4.69, 9.17) is 11.0 Å². The summed E-state index contributed by atoms with van der Waals surface area (Å²) in [5.41, 5.74) is 4.83. The number of nitrogen functional groups attached to an aromatic ring is 1. The average molecular weight is 280 g/mol. The molecule has 0 aliphatic heterocycles. The van der Waals surface area contributed by atoms with Gasteiger partial charge in [-0.25, -0.2) is 4.39 Å². The summed E-state index contributed by atoms with van der Waals surface area (Å²) >= 11 is 0. The predicted molar refractivity (Wildman–Crippen MR) is 66.0 cm³/mol. The fourth-order valence-electron chi connectivity index (χ4n) is 1.79. The summed E-state index contributed by atoms with van der Waals surface area (Å²) in [6, 6.07) is 8.17. The Bertz CT molecular complexity index is 699. The van der Waals surface area contributed by atoms with Crippen LogP contribution < -0.4 is 5.73 Å². The summed E-state index contributed by atoms with van der Waals surface area (Å²) in [7, 11) is 0. The molecule has 0 aliphatic rings. The van der Waals surface area contributed by atoms with Gasteiger partial charge in [0.05, 0.1) is 11.1 Å². The van der Waals surface area contributed by atoms with Gasteiger partial charge in [0.1, 0.15) is 11.9 Å². The quantitative estimate of drug-likeness (QED) is 0.634. The van der Waals surface area contributed by atoms with Crippen molar-refractivity contribution in [2.75, 3.05) is 5.73 Å². The molecule has 6 heteroatoms. The monoisotopic (exact) mass is 280 g/mol. The van der Waals surface area contributed by atoms with Crippen molar-refractivity contribution in [3.63, 3.8) is 0 Å². The van der Waals surface area contributed by atoms with E-state index in [0.29, 0.717) is 0 Å². The third-order valence-corrected chi connectivity index (χ3v) is 2.76. The van der Waals surface area contributed by atoms with Crippen LogP contribution in [0.15, 0.2) is 36.4 Å². The fraction of sp³-hybridized carbons (Fsp3) is 0.0714. The van der Waals surface area contributed by atoms with Gasteiger partial charge in [0, 0.05) is 11.3 Å². The van der Waals surface area contributed by atoms with Crippen molar-refractivity contribution in [1.29, 1.82) is 5.26 Å². The number of halogens is 4.